The summed E-state index contributed by atoms with van der Waals surface area (Å²) in [4.78, 5) is 12.4. The van der Waals surface area contributed by atoms with Gasteiger partial charge in [-0.1, -0.05) is 12.1 Å². The van der Waals surface area contributed by atoms with Gasteiger partial charge in [0.15, 0.2) is 5.69 Å². The van der Waals surface area contributed by atoms with Gasteiger partial charge in [-0.15, -0.1) is 0 Å². The first-order valence-corrected chi connectivity index (χ1v) is 6.01. The van der Waals surface area contributed by atoms with Crippen molar-refractivity contribution in [3.05, 3.63) is 42.2 Å². The number of aromatic nitrogens is 2. The highest BCUT2D eigenvalue weighted by atomic mass is 19.4. The van der Waals surface area contributed by atoms with Crippen molar-refractivity contribution in [2.24, 2.45) is 0 Å². The van der Waals surface area contributed by atoms with Crippen LogP contribution in [-0.2, 0) is 0 Å². The summed E-state index contributed by atoms with van der Waals surface area (Å²) in [5, 5.41) is 3.97. The summed E-state index contributed by atoms with van der Waals surface area (Å²) in [5.41, 5.74) is 6.70. The van der Waals surface area contributed by atoms with Crippen LogP contribution >= 0.6 is 0 Å². The molecule has 2 aromatic rings. The molecular weight excluding hydrogens is 285 g/mol. The molecule has 0 saturated carbocycles. The zero-order valence-electron chi connectivity index (χ0n) is 11.1. The van der Waals surface area contributed by atoms with Gasteiger partial charge in [0.2, 0.25) is 0 Å². The summed E-state index contributed by atoms with van der Waals surface area (Å²) in [5.74, 6) is -0.805. The van der Waals surface area contributed by atoms with Crippen LogP contribution in [0.15, 0.2) is 36.5 Å². The van der Waals surface area contributed by atoms with Gasteiger partial charge in [-0.2, -0.15) is 18.3 Å². The lowest BCUT2D eigenvalue weighted by atomic mass is 10.3. The SMILES string of the molecule is CN(CC(F)(F)F)C(=O)c1ccn(-c2ccccc2N)n1. The number of nitrogen functional groups attached to an aromatic ring is 1. The average Bonchev–Trinajstić information content (AvgIpc) is 2.85. The number of alkyl halides is 3. The molecule has 0 saturated heterocycles. The van der Waals surface area contributed by atoms with E-state index >= 15 is 0 Å². The first kappa shape index (κ1) is 14.9. The molecule has 0 radical (unpaired) electrons. The van der Waals surface area contributed by atoms with E-state index in [9.17, 15) is 18.0 Å². The van der Waals surface area contributed by atoms with E-state index in [1.165, 1.54) is 16.9 Å². The molecule has 0 bridgehead atoms. The highest BCUT2D eigenvalue weighted by molar-refractivity contribution is 5.92. The molecule has 1 amide bonds. The summed E-state index contributed by atoms with van der Waals surface area (Å²) < 4.78 is 38.2. The van der Waals surface area contributed by atoms with E-state index in [-0.39, 0.29) is 5.69 Å². The molecule has 0 aliphatic rings. The third-order valence-electron chi connectivity index (χ3n) is 2.75. The molecule has 1 heterocycles. The van der Waals surface area contributed by atoms with Crippen molar-refractivity contribution < 1.29 is 18.0 Å². The van der Waals surface area contributed by atoms with Gasteiger partial charge in [-0.25, -0.2) is 4.68 Å². The number of carbonyl (C=O) groups excluding carboxylic acids is 1. The van der Waals surface area contributed by atoms with Crippen molar-refractivity contribution in [1.29, 1.82) is 0 Å². The molecule has 5 nitrogen and oxygen atoms in total. The maximum absolute atomic E-state index is 12.3. The number of carbonyl (C=O) groups is 1. The van der Waals surface area contributed by atoms with Crippen molar-refractivity contribution in [2.45, 2.75) is 6.18 Å². The maximum Gasteiger partial charge on any atom is 0.406 e. The number of nitrogens with two attached hydrogens (primary N) is 1. The standard InChI is InChI=1S/C13H13F3N4O/c1-19(8-13(14,15)16)12(21)10-6-7-20(18-10)11-5-3-2-4-9(11)17/h2-7H,8,17H2,1H3. The van der Waals surface area contributed by atoms with E-state index in [1.54, 1.807) is 24.3 Å². The van der Waals surface area contributed by atoms with Gasteiger partial charge in [0, 0.05) is 13.2 Å². The van der Waals surface area contributed by atoms with E-state index in [2.05, 4.69) is 5.10 Å². The quantitative estimate of drug-likeness (QED) is 0.882. The molecule has 0 aliphatic carbocycles. The number of para-hydroxylation sites is 2. The number of amides is 1. The molecule has 21 heavy (non-hydrogen) atoms. The van der Waals surface area contributed by atoms with Crippen LogP contribution in [0.3, 0.4) is 0 Å². The molecule has 1 aromatic heterocycles. The van der Waals surface area contributed by atoms with Gasteiger partial charge >= 0.3 is 6.18 Å². The Kier molecular flexibility index (Phi) is 3.88. The van der Waals surface area contributed by atoms with Crippen molar-refractivity contribution in [3.8, 4) is 5.69 Å². The number of halogens is 3. The van der Waals surface area contributed by atoms with Gasteiger partial charge in [0.25, 0.3) is 5.91 Å². The van der Waals surface area contributed by atoms with Crippen molar-refractivity contribution in [2.75, 3.05) is 19.3 Å². The lowest BCUT2D eigenvalue weighted by Gasteiger charge is -2.17. The zero-order valence-corrected chi connectivity index (χ0v) is 11.1. The number of benzene rings is 1. The molecule has 0 aliphatic heterocycles. The summed E-state index contributed by atoms with van der Waals surface area (Å²) in [7, 11) is 1.08. The number of hydrogen-bond donors (Lipinski definition) is 1. The van der Waals surface area contributed by atoms with Crippen LogP contribution < -0.4 is 5.73 Å². The highest BCUT2D eigenvalue weighted by Gasteiger charge is 2.32. The lowest BCUT2D eigenvalue weighted by molar-refractivity contribution is -0.138. The van der Waals surface area contributed by atoms with E-state index in [4.69, 9.17) is 5.73 Å². The Hall–Kier alpha value is -2.51. The van der Waals surface area contributed by atoms with Crippen molar-refractivity contribution in [3.63, 3.8) is 0 Å². The van der Waals surface area contributed by atoms with Gasteiger partial charge in [0.1, 0.15) is 6.54 Å². The minimum atomic E-state index is -4.45. The molecule has 0 spiro atoms. The molecule has 1 aromatic carbocycles. The first-order valence-electron chi connectivity index (χ1n) is 6.01. The van der Waals surface area contributed by atoms with Gasteiger partial charge in [0.05, 0.1) is 11.4 Å². The van der Waals surface area contributed by atoms with Crippen LogP contribution in [0.4, 0.5) is 18.9 Å². The first-order chi connectivity index (χ1) is 9.78. The van der Waals surface area contributed by atoms with Gasteiger partial charge in [-0.05, 0) is 18.2 Å². The minimum Gasteiger partial charge on any atom is -0.397 e. The molecule has 2 rings (SSSR count). The van der Waals surface area contributed by atoms with Crippen molar-refractivity contribution in [1.82, 2.24) is 14.7 Å². The predicted molar refractivity (Wildman–Crippen MR) is 71.0 cm³/mol. The second kappa shape index (κ2) is 5.47. The molecule has 0 atom stereocenters. The second-order valence-electron chi connectivity index (χ2n) is 4.48. The van der Waals surface area contributed by atoms with E-state index in [1.807, 2.05) is 0 Å². The van der Waals surface area contributed by atoms with Crippen LogP contribution in [0.5, 0.6) is 0 Å². The fraction of sp³-hybridized carbons (Fsp3) is 0.231. The van der Waals surface area contributed by atoms with Gasteiger partial charge < -0.3 is 10.6 Å². The largest absolute Gasteiger partial charge is 0.406 e. The van der Waals surface area contributed by atoms with Crippen LogP contribution in [0.25, 0.3) is 5.69 Å². The summed E-state index contributed by atoms with van der Waals surface area (Å²) >= 11 is 0. The molecule has 0 fully saturated rings. The molecule has 0 unspecified atom stereocenters. The third-order valence-corrected chi connectivity index (χ3v) is 2.75. The topological polar surface area (TPSA) is 64.2 Å². The third kappa shape index (κ3) is 3.53. The van der Waals surface area contributed by atoms with Crippen molar-refractivity contribution >= 4 is 11.6 Å². The van der Waals surface area contributed by atoms with E-state index in [0.29, 0.717) is 16.3 Å². The Labute approximate surface area is 118 Å². The Balaban J connectivity index is 2.20. The lowest BCUT2D eigenvalue weighted by Crippen LogP contribution is -2.36. The summed E-state index contributed by atoms with van der Waals surface area (Å²) in [6, 6.07) is 8.18. The Morgan fingerprint density at radius 2 is 2.00 bits per heavy atom. The minimum absolute atomic E-state index is 0.0787. The van der Waals surface area contributed by atoms with Crippen LogP contribution in [-0.4, -0.2) is 40.4 Å². The number of anilines is 1. The Morgan fingerprint density at radius 3 is 2.62 bits per heavy atom. The second-order valence-corrected chi connectivity index (χ2v) is 4.48. The van der Waals surface area contributed by atoms with Crippen LogP contribution in [0, 0.1) is 0 Å². The predicted octanol–water partition coefficient (Wildman–Crippen LogP) is 2.09. The molecule has 112 valence electrons. The normalized spacial score (nSPS) is 11.4. The number of hydrogen-bond acceptors (Lipinski definition) is 3. The van der Waals surface area contributed by atoms with E-state index in [0.717, 1.165) is 7.05 Å². The average molecular weight is 298 g/mol. The Bertz CT molecular complexity index is 651. The molecular formula is C13H13F3N4O. The summed E-state index contributed by atoms with van der Waals surface area (Å²) in [6.07, 6.45) is -2.98. The van der Waals surface area contributed by atoms with E-state index < -0.39 is 18.6 Å². The maximum atomic E-state index is 12.3. The molecule has 8 heteroatoms. The zero-order chi connectivity index (χ0) is 15.6. The van der Waals surface area contributed by atoms with Crippen LogP contribution in [0.1, 0.15) is 10.5 Å². The Morgan fingerprint density at radius 1 is 1.33 bits per heavy atom. The van der Waals surface area contributed by atoms with Crippen LogP contribution in [0.2, 0.25) is 0 Å². The monoisotopic (exact) mass is 298 g/mol. The summed E-state index contributed by atoms with van der Waals surface area (Å²) in [6.45, 7) is -1.33. The smallest absolute Gasteiger partial charge is 0.397 e. The number of rotatable bonds is 3. The molecule has 2 N–H and O–H groups in total. The highest BCUT2D eigenvalue weighted by Crippen LogP contribution is 2.18. The fourth-order valence-electron chi connectivity index (χ4n) is 1.80. The fourth-order valence-corrected chi connectivity index (χ4v) is 1.80. The number of nitrogens with zero attached hydrogens (tertiary/aromatic N) is 3. The van der Waals surface area contributed by atoms with Gasteiger partial charge in [-0.3, -0.25) is 4.79 Å².